The lowest BCUT2D eigenvalue weighted by Gasteiger charge is -2.72. The predicted molar refractivity (Wildman–Crippen MR) is 206 cm³/mol. The SMILES string of the molecule is C=C(C)C1CC[C@]2(NCCN3C[C@@H]4C[C@@H]3CS4(=O)=O)CC[C@]3(C)[C@H](CC[C@@H]4[C@@]5(C)CC=C(C6=CC[C@](CF)(C(=O)O)CC6)C(C)(C)[C@@H]5CC[C@]43C)[C@@H]12. The zero-order valence-electron chi connectivity index (χ0n) is 33.0. The molecule has 2 N–H and O–H groups in total. The highest BCUT2D eigenvalue weighted by molar-refractivity contribution is 7.92. The first kappa shape index (κ1) is 37.4. The number of carboxylic acids is 1. The summed E-state index contributed by atoms with van der Waals surface area (Å²) in [5.74, 6) is 2.36. The van der Waals surface area contributed by atoms with E-state index in [1.165, 1.54) is 68.1 Å². The molecule has 8 heteroatoms. The van der Waals surface area contributed by atoms with Crippen LogP contribution < -0.4 is 5.32 Å². The van der Waals surface area contributed by atoms with Gasteiger partial charge in [-0.1, -0.05) is 58.9 Å². The molecule has 12 atom stereocenters. The molecule has 8 rings (SSSR count). The van der Waals surface area contributed by atoms with Crippen LogP contribution in [-0.4, -0.2) is 73.3 Å². The van der Waals surface area contributed by atoms with E-state index in [9.17, 15) is 22.7 Å². The Labute approximate surface area is 313 Å². The molecule has 0 spiro atoms. The third-order valence-electron chi connectivity index (χ3n) is 18.6. The van der Waals surface area contributed by atoms with Crippen LogP contribution in [0.1, 0.15) is 125 Å². The number of nitrogens with one attached hydrogen (secondary N) is 1. The summed E-state index contributed by atoms with van der Waals surface area (Å²) >= 11 is 0. The van der Waals surface area contributed by atoms with E-state index < -0.39 is 27.9 Å². The summed E-state index contributed by atoms with van der Waals surface area (Å²) in [5.41, 5.74) is 3.61. The van der Waals surface area contributed by atoms with E-state index in [4.69, 9.17) is 0 Å². The summed E-state index contributed by atoms with van der Waals surface area (Å²) in [6, 6.07) is 0.214. The first-order chi connectivity index (χ1) is 24.4. The second-order valence-corrected chi connectivity index (χ2v) is 23.1. The molecule has 0 aromatic rings. The van der Waals surface area contributed by atoms with Crippen LogP contribution in [0, 0.1) is 56.7 Å². The van der Waals surface area contributed by atoms with Gasteiger partial charge in [-0.15, -0.1) is 0 Å². The Balaban J connectivity index is 1.04. The fourth-order valence-corrected chi connectivity index (χ4v) is 17.7. The molecule has 0 aromatic heterocycles. The minimum atomic E-state index is -2.87. The van der Waals surface area contributed by atoms with Crippen LogP contribution in [0.2, 0.25) is 0 Å². The lowest BCUT2D eigenvalue weighted by molar-refractivity contribution is -0.221. The van der Waals surface area contributed by atoms with Gasteiger partial charge in [0.25, 0.3) is 0 Å². The van der Waals surface area contributed by atoms with Gasteiger partial charge < -0.3 is 10.4 Å². The van der Waals surface area contributed by atoms with Crippen molar-refractivity contribution < 1.29 is 22.7 Å². The van der Waals surface area contributed by atoms with E-state index in [-0.39, 0.29) is 44.9 Å². The van der Waals surface area contributed by atoms with Crippen molar-refractivity contribution in [3.8, 4) is 0 Å². The van der Waals surface area contributed by atoms with E-state index in [0.717, 1.165) is 32.5 Å². The molecule has 6 fully saturated rings. The number of sulfone groups is 1. The molecule has 52 heavy (non-hydrogen) atoms. The second kappa shape index (κ2) is 12.2. The summed E-state index contributed by atoms with van der Waals surface area (Å²) in [5, 5.41) is 13.9. The van der Waals surface area contributed by atoms with Gasteiger partial charge >= 0.3 is 5.97 Å². The summed E-state index contributed by atoms with van der Waals surface area (Å²) in [6.07, 6.45) is 17.8. The van der Waals surface area contributed by atoms with E-state index in [0.29, 0.717) is 48.2 Å². The van der Waals surface area contributed by atoms with E-state index in [2.05, 4.69) is 70.5 Å². The zero-order valence-corrected chi connectivity index (χ0v) is 33.9. The normalized spacial score (nSPS) is 48.9. The van der Waals surface area contributed by atoms with Crippen molar-refractivity contribution in [3.05, 3.63) is 35.5 Å². The van der Waals surface area contributed by atoms with E-state index in [1.807, 2.05) is 0 Å². The standard InChI is InChI=1S/C44H67FN2O4S/c1-28(2)32-12-19-44(46-22-23-47-25-31-24-30(47)26-52(31,50)51)21-20-41(6)34(37(32)44)8-9-36-40(5)15-13-33(39(3,4)35(40)14-16-42(36,41)7)29-10-17-43(27-45,18-11-29)38(48)49/h10,13,30-32,34-37,46H,1,8-9,11-12,14-27H2,2-7H3,(H,48,49)/t30-,31+,32?,34-,35+,36-,37-,40+,41-,42-,43+,44+/m1/s1. The maximum atomic E-state index is 14.0. The summed E-state index contributed by atoms with van der Waals surface area (Å²) in [7, 11) is -2.87. The Hall–Kier alpha value is -1.51. The lowest BCUT2D eigenvalue weighted by Crippen LogP contribution is -2.68. The maximum Gasteiger partial charge on any atom is 0.312 e. The Bertz CT molecular complexity index is 1690. The smallest absolute Gasteiger partial charge is 0.312 e. The Kier molecular flexibility index (Phi) is 8.81. The van der Waals surface area contributed by atoms with Crippen LogP contribution in [0.25, 0.3) is 0 Å². The molecule has 0 aromatic carbocycles. The average molecular weight is 739 g/mol. The van der Waals surface area contributed by atoms with Crippen molar-refractivity contribution in [2.24, 2.45) is 56.7 Å². The zero-order chi connectivity index (χ0) is 37.3. The molecule has 6 aliphatic carbocycles. The third kappa shape index (κ3) is 5.10. The molecule has 2 heterocycles. The molecular weight excluding hydrogens is 672 g/mol. The van der Waals surface area contributed by atoms with Gasteiger partial charge in [0.1, 0.15) is 6.67 Å². The monoisotopic (exact) mass is 738 g/mol. The Morgan fingerprint density at radius 3 is 2.37 bits per heavy atom. The van der Waals surface area contributed by atoms with E-state index >= 15 is 0 Å². The molecule has 1 unspecified atom stereocenters. The average Bonchev–Trinajstić information content (AvgIpc) is 3.75. The molecule has 0 amide bonds. The van der Waals surface area contributed by atoms with Crippen molar-refractivity contribution in [2.75, 3.05) is 32.1 Å². The molecule has 6 nitrogen and oxygen atoms in total. The molecule has 2 aliphatic heterocycles. The lowest BCUT2D eigenvalue weighted by atomic mass is 9.33. The van der Waals surface area contributed by atoms with Crippen molar-refractivity contribution in [1.82, 2.24) is 10.2 Å². The molecule has 2 bridgehead atoms. The number of halogens is 1. The molecule has 2 saturated heterocycles. The largest absolute Gasteiger partial charge is 0.481 e. The number of hydrogen-bond donors (Lipinski definition) is 2. The van der Waals surface area contributed by atoms with Gasteiger partial charge in [-0.2, -0.15) is 0 Å². The van der Waals surface area contributed by atoms with Crippen molar-refractivity contribution in [2.45, 2.75) is 142 Å². The first-order valence-electron chi connectivity index (χ1n) is 20.9. The number of hydrogen-bond acceptors (Lipinski definition) is 5. The number of allylic oxidation sites excluding steroid dienone is 5. The Morgan fingerprint density at radius 1 is 0.981 bits per heavy atom. The van der Waals surface area contributed by atoms with Crippen molar-refractivity contribution >= 4 is 15.8 Å². The van der Waals surface area contributed by atoms with Crippen LogP contribution in [0.5, 0.6) is 0 Å². The summed E-state index contributed by atoms with van der Waals surface area (Å²) < 4.78 is 38.8. The number of aliphatic carboxylic acids is 1. The topological polar surface area (TPSA) is 86.7 Å². The highest BCUT2D eigenvalue weighted by Gasteiger charge is 2.70. The van der Waals surface area contributed by atoms with Crippen LogP contribution in [0.4, 0.5) is 4.39 Å². The van der Waals surface area contributed by atoms with Gasteiger partial charge in [0.2, 0.25) is 0 Å². The fraction of sp³-hybridized carbons (Fsp3) is 0.841. The van der Waals surface area contributed by atoms with Gasteiger partial charge in [0, 0.05) is 31.2 Å². The Morgan fingerprint density at radius 2 is 1.75 bits per heavy atom. The number of fused-ring (bicyclic) bond motifs is 9. The number of alkyl halides is 1. The highest BCUT2D eigenvalue weighted by atomic mass is 32.2. The van der Waals surface area contributed by atoms with Gasteiger partial charge in [-0.3, -0.25) is 9.69 Å². The highest BCUT2D eigenvalue weighted by Crippen LogP contribution is 2.76. The van der Waals surface area contributed by atoms with E-state index in [1.54, 1.807) is 0 Å². The minimum Gasteiger partial charge on any atom is -0.481 e. The fourth-order valence-electron chi connectivity index (χ4n) is 15.6. The number of carboxylic acid groups (broad SMARTS) is 1. The first-order valence-corrected chi connectivity index (χ1v) is 22.6. The minimum absolute atomic E-state index is 0.0159. The van der Waals surface area contributed by atoms with Gasteiger partial charge in [0.05, 0.1) is 16.4 Å². The van der Waals surface area contributed by atoms with Crippen LogP contribution in [0.3, 0.4) is 0 Å². The number of likely N-dealkylation sites (tertiary alicyclic amines) is 1. The molecule has 8 aliphatic rings. The maximum absolute atomic E-state index is 14.0. The predicted octanol–water partition coefficient (Wildman–Crippen LogP) is 8.54. The van der Waals surface area contributed by atoms with Crippen LogP contribution in [0.15, 0.2) is 35.5 Å². The van der Waals surface area contributed by atoms with Gasteiger partial charge in [-0.05, 0) is 153 Å². The quantitative estimate of drug-likeness (QED) is 0.243. The molecule has 290 valence electrons. The van der Waals surface area contributed by atoms with Crippen LogP contribution >= 0.6 is 0 Å². The third-order valence-corrected chi connectivity index (χ3v) is 20.8. The second-order valence-electron chi connectivity index (χ2n) is 20.8. The number of rotatable bonds is 8. The van der Waals surface area contributed by atoms with Crippen molar-refractivity contribution in [1.29, 1.82) is 0 Å². The summed E-state index contributed by atoms with van der Waals surface area (Å²) in [4.78, 5) is 14.4. The number of nitrogens with zero attached hydrogens (tertiary/aromatic N) is 1. The summed E-state index contributed by atoms with van der Waals surface area (Å²) in [6.45, 7) is 21.6. The van der Waals surface area contributed by atoms with Crippen LogP contribution in [-0.2, 0) is 14.6 Å². The van der Waals surface area contributed by atoms with Gasteiger partial charge in [0.15, 0.2) is 9.84 Å². The molecular formula is C44H67FN2O4S. The number of carbonyl (C=O) groups is 1. The van der Waals surface area contributed by atoms with Crippen molar-refractivity contribution in [3.63, 3.8) is 0 Å². The molecule has 0 radical (unpaired) electrons. The molecule has 4 saturated carbocycles. The van der Waals surface area contributed by atoms with Gasteiger partial charge in [-0.25, -0.2) is 12.8 Å².